The molecule has 2 aromatic rings. The van der Waals surface area contributed by atoms with Crippen LogP contribution in [0.25, 0.3) is 0 Å². The Balaban J connectivity index is 1.66. The molecule has 3 rings (SSSR count). The first-order valence-corrected chi connectivity index (χ1v) is 10.2. The van der Waals surface area contributed by atoms with E-state index in [4.69, 9.17) is 4.42 Å². The van der Waals surface area contributed by atoms with Crippen LogP contribution in [0, 0.1) is 17.6 Å². The third-order valence-corrected chi connectivity index (χ3v) is 6.72. The van der Waals surface area contributed by atoms with Gasteiger partial charge in [0.15, 0.2) is 9.84 Å². The summed E-state index contributed by atoms with van der Waals surface area (Å²) in [5.74, 6) is -0.585. The molecule has 0 N–H and O–H groups in total. The maximum absolute atomic E-state index is 13.8. The first-order chi connectivity index (χ1) is 11.3. The fourth-order valence-corrected chi connectivity index (χ4v) is 5.50. The monoisotopic (exact) mass is 374 g/mol. The molecule has 0 unspecified atom stereocenters. The van der Waals surface area contributed by atoms with Gasteiger partial charge in [-0.25, -0.2) is 17.2 Å². The number of benzene rings is 1. The van der Waals surface area contributed by atoms with Crippen LogP contribution in [0.4, 0.5) is 8.78 Å². The van der Waals surface area contributed by atoms with E-state index in [2.05, 4.69) is 10.2 Å². The van der Waals surface area contributed by atoms with Crippen molar-refractivity contribution >= 4 is 21.6 Å². The zero-order chi connectivity index (χ0) is 17.3. The molecule has 1 aliphatic heterocycles. The Morgan fingerprint density at radius 3 is 2.67 bits per heavy atom. The average molecular weight is 374 g/mol. The van der Waals surface area contributed by atoms with Crippen molar-refractivity contribution in [3.8, 4) is 0 Å². The molecule has 0 aliphatic carbocycles. The van der Waals surface area contributed by atoms with Gasteiger partial charge in [0.25, 0.3) is 5.22 Å². The molecule has 1 saturated heterocycles. The van der Waals surface area contributed by atoms with E-state index < -0.39 is 26.7 Å². The van der Waals surface area contributed by atoms with Gasteiger partial charge in [0, 0.05) is 17.2 Å². The van der Waals surface area contributed by atoms with Crippen LogP contribution < -0.4 is 0 Å². The van der Waals surface area contributed by atoms with Crippen molar-refractivity contribution in [2.24, 2.45) is 5.92 Å². The topological polar surface area (TPSA) is 73.1 Å². The van der Waals surface area contributed by atoms with Crippen LogP contribution in [0.1, 0.15) is 30.0 Å². The summed E-state index contributed by atoms with van der Waals surface area (Å²) in [5.41, 5.74) is -0.0378. The Hall–Kier alpha value is -1.48. The maximum atomic E-state index is 13.8. The quantitative estimate of drug-likeness (QED) is 0.749. The summed E-state index contributed by atoms with van der Waals surface area (Å²) in [7, 11) is -2.95. The predicted molar refractivity (Wildman–Crippen MR) is 85.4 cm³/mol. The van der Waals surface area contributed by atoms with Gasteiger partial charge in [0.05, 0.1) is 11.5 Å². The highest BCUT2D eigenvalue weighted by Gasteiger charge is 2.29. The second kappa shape index (κ2) is 6.79. The summed E-state index contributed by atoms with van der Waals surface area (Å²) >= 11 is 1.07. The molecule has 1 aromatic carbocycles. The van der Waals surface area contributed by atoms with Crippen LogP contribution in [0.15, 0.2) is 27.8 Å². The summed E-state index contributed by atoms with van der Waals surface area (Å²) in [6, 6.07) is 3.72. The van der Waals surface area contributed by atoms with Crippen LogP contribution in [-0.2, 0) is 16.3 Å². The number of sulfone groups is 1. The molecule has 130 valence electrons. The highest BCUT2D eigenvalue weighted by Crippen LogP contribution is 2.36. The molecule has 9 heteroatoms. The normalized spacial score (nSPS) is 21.0. The Morgan fingerprint density at radius 2 is 2.04 bits per heavy atom. The first-order valence-electron chi connectivity index (χ1n) is 7.47. The lowest BCUT2D eigenvalue weighted by atomic mass is 10.1. The van der Waals surface area contributed by atoms with E-state index in [0.29, 0.717) is 18.7 Å². The minimum absolute atomic E-state index is 0.0188. The number of halogens is 2. The van der Waals surface area contributed by atoms with E-state index in [1.807, 2.05) is 0 Å². The van der Waals surface area contributed by atoms with Gasteiger partial charge in [-0.3, -0.25) is 0 Å². The minimum Gasteiger partial charge on any atom is -0.416 e. The van der Waals surface area contributed by atoms with Crippen molar-refractivity contribution in [1.82, 2.24) is 10.2 Å². The summed E-state index contributed by atoms with van der Waals surface area (Å²) in [5, 5.41) is 7.44. The van der Waals surface area contributed by atoms with E-state index in [9.17, 15) is 17.2 Å². The van der Waals surface area contributed by atoms with Gasteiger partial charge in [0.2, 0.25) is 5.89 Å². The molecule has 0 spiro atoms. The summed E-state index contributed by atoms with van der Waals surface area (Å²) in [6.45, 7) is 1.65. The molecule has 1 aromatic heterocycles. The number of aromatic nitrogens is 2. The van der Waals surface area contributed by atoms with E-state index in [1.54, 1.807) is 6.92 Å². The van der Waals surface area contributed by atoms with Crippen molar-refractivity contribution in [2.75, 3.05) is 11.5 Å². The van der Waals surface area contributed by atoms with Crippen molar-refractivity contribution < 1.29 is 21.6 Å². The smallest absolute Gasteiger partial charge is 0.277 e. The molecule has 2 atom stereocenters. The van der Waals surface area contributed by atoms with Crippen molar-refractivity contribution in [3.05, 3.63) is 41.3 Å². The van der Waals surface area contributed by atoms with Crippen molar-refractivity contribution in [2.45, 2.75) is 30.2 Å². The van der Waals surface area contributed by atoms with Crippen molar-refractivity contribution in [1.29, 1.82) is 0 Å². The first kappa shape index (κ1) is 17.3. The van der Waals surface area contributed by atoms with Crippen LogP contribution in [0.3, 0.4) is 0 Å². The largest absolute Gasteiger partial charge is 0.416 e. The van der Waals surface area contributed by atoms with E-state index in [0.717, 1.165) is 11.8 Å². The number of nitrogens with zero attached hydrogens (tertiary/aromatic N) is 2. The zero-order valence-corrected chi connectivity index (χ0v) is 14.5. The van der Waals surface area contributed by atoms with Crippen LogP contribution in [-0.4, -0.2) is 30.1 Å². The summed E-state index contributed by atoms with van der Waals surface area (Å²) in [4.78, 5) is 0. The summed E-state index contributed by atoms with van der Waals surface area (Å²) in [6.07, 6.45) is 0.985. The number of thioether (sulfide) groups is 1. The van der Waals surface area contributed by atoms with Gasteiger partial charge in [-0.15, -0.1) is 10.2 Å². The standard InChI is InChI=1S/C15H16F2N2O3S2/c1-9(14-11(16)3-2-4-12(14)17)23-15-19-18-13(22-15)7-10-5-6-24(20,21)8-10/h2-4,9-10H,5-8H2,1H3/t9-,10-/m1/s1. The van der Waals surface area contributed by atoms with Crippen LogP contribution in [0.2, 0.25) is 0 Å². The molecule has 0 saturated carbocycles. The molecule has 0 radical (unpaired) electrons. The van der Waals surface area contributed by atoms with Crippen LogP contribution >= 0.6 is 11.8 Å². The van der Waals surface area contributed by atoms with Gasteiger partial charge in [0.1, 0.15) is 11.6 Å². The molecule has 1 fully saturated rings. The van der Waals surface area contributed by atoms with Gasteiger partial charge in [-0.05, 0) is 31.4 Å². The van der Waals surface area contributed by atoms with E-state index in [-0.39, 0.29) is 28.2 Å². The average Bonchev–Trinajstić information content (AvgIpc) is 3.05. The molecule has 1 aliphatic rings. The second-order valence-electron chi connectivity index (χ2n) is 5.83. The zero-order valence-electron chi connectivity index (χ0n) is 12.9. The predicted octanol–water partition coefficient (Wildman–Crippen LogP) is 3.18. The summed E-state index contributed by atoms with van der Waals surface area (Å²) < 4.78 is 56.0. The van der Waals surface area contributed by atoms with Gasteiger partial charge in [-0.1, -0.05) is 17.8 Å². The number of hydrogen-bond donors (Lipinski definition) is 0. The van der Waals surface area contributed by atoms with Gasteiger partial charge in [-0.2, -0.15) is 0 Å². The van der Waals surface area contributed by atoms with Crippen molar-refractivity contribution in [3.63, 3.8) is 0 Å². The third-order valence-electron chi connectivity index (χ3n) is 3.92. The second-order valence-corrected chi connectivity index (χ2v) is 9.35. The Bertz CT molecular complexity index is 819. The highest BCUT2D eigenvalue weighted by atomic mass is 32.2. The highest BCUT2D eigenvalue weighted by molar-refractivity contribution is 7.99. The number of rotatable bonds is 5. The van der Waals surface area contributed by atoms with Gasteiger partial charge < -0.3 is 4.42 Å². The van der Waals surface area contributed by atoms with E-state index in [1.165, 1.54) is 18.2 Å². The molecule has 0 bridgehead atoms. The minimum atomic E-state index is -2.95. The molecule has 2 heterocycles. The molecular formula is C15H16F2N2O3S2. The fraction of sp³-hybridized carbons (Fsp3) is 0.467. The lowest BCUT2D eigenvalue weighted by Gasteiger charge is -2.10. The van der Waals surface area contributed by atoms with E-state index >= 15 is 0 Å². The molecule has 24 heavy (non-hydrogen) atoms. The molecule has 5 nitrogen and oxygen atoms in total. The Morgan fingerprint density at radius 1 is 1.33 bits per heavy atom. The third kappa shape index (κ3) is 3.94. The molecule has 0 amide bonds. The fourth-order valence-electron chi connectivity index (χ4n) is 2.76. The SMILES string of the molecule is C[C@@H](Sc1nnc(C[C@H]2CCS(=O)(=O)C2)o1)c1c(F)cccc1F. The Kier molecular flexibility index (Phi) is 4.91. The maximum Gasteiger partial charge on any atom is 0.277 e. The lowest BCUT2D eigenvalue weighted by molar-refractivity contribution is 0.388. The Labute approximate surface area is 142 Å². The number of hydrogen-bond acceptors (Lipinski definition) is 6. The molecular weight excluding hydrogens is 358 g/mol. The van der Waals surface area contributed by atoms with Crippen LogP contribution in [0.5, 0.6) is 0 Å². The lowest BCUT2D eigenvalue weighted by Crippen LogP contribution is -2.07. The van der Waals surface area contributed by atoms with Gasteiger partial charge >= 0.3 is 0 Å².